The van der Waals surface area contributed by atoms with Gasteiger partial charge in [0.05, 0.1) is 6.54 Å². The van der Waals surface area contributed by atoms with Gasteiger partial charge in [-0.05, 0) is 25.3 Å². The highest BCUT2D eigenvalue weighted by atomic mass is 16.5. The number of carbonyl (C=O) groups excluding carboxylic acids is 1. The first-order valence-electron chi connectivity index (χ1n) is 5.76. The molecular formula is C11H22N2O2. The van der Waals surface area contributed by atoms with Crippen molar-refractivity contribution in [2.45, 2.75) is 32.7 Å². The molecule has 0 saturated carbocycles. The van der Waals surface area contributed by atoms with E-state index in [9.17, 15) is 4.79 Å². The zero-order valence-corrected chi connectivity index (χ0v) is 9.71. The molecule has 0 spiro atoms. The Labute approximate surface area is 91.8 Å². The van der Waals surface area contributed by atoms with Crippen LogP contribution in [0.3, 0.4) is 0 Å². The largest absolute Gasteiger partial charge is 0.381 e. The summed E-state index contributed by atoms with van der Waals surface area (Å²) >= 11 is 0. The van der Waals surface area contributed by atoms with E-state index >= 15 is 0 Å². The molecule has 4 heteroatoms. The van der Waals surface area contributed by atoms with Crippen molar-refractivity contribution < 1.29 is 9.53 Å². The van der Waals surface area contributed by atoms with E-state index in [4.69, 9.17) is 4.74 Å². The molecule has 0 atom stereocenters. The second-order valence-corrected chi connectivity index (χ2v) is 4.48. The lowest BCUT2D eigenvalue weighted by Crippen LogP contribution is -2.43. The molecular weight excluding hydrogens is 192 g/mol. The summed E-state index contributed by atoms with van der Waals surface area (Å²) in [5, 5.41) is 6.14. The van der Waals surface area contributed by atoms with Crippen molar-refractivity contribution in [3.05, 3.63) is 0 Å². The lowest BCUT2D eigenvalue weighted by molar-refractivity contribution is -0.121. The van der Waals surface area contributed by atoms with Crippen molar-refractivity contribution in [2.75, 3.05) is 26.3 Å². The molecule has 1 aliphatic rings. The zero-order valence-electron chi connectivity index (χ0n) is 9.71. The van der Waals surface area contributed by atoms with Gasteiger partial charge in [-0.15, -0.1) is 0 Å². The van der Waals surface area contributed by atoms with Crippen molar-refractivity contribution in [3.63, 3.8) is 0 Å². The predicted molar refractivity (Wildman–Crippen MR) is 59.7 cm³/mol. The molecule has 0 aromatic heterocycles. The fraction of sp³-hybridized carbons (Fsp3) is 0.909. The summed E-state index contributed by atoms with van der Waals surface area (Å²) in [6.07, 6.45) is 1.88. The maximum atomic E-state index is 11.5. The molecule has 2 N–H and O–H groups in total. The smallest absolute Gasteiger partial charge is 0.234 e. The highest BCUT2D eigenvalue weighted by Crippen LogP contribution is 2.05. The normalized spacial score (nSPS) is 18.1. The third-order valence-corrected chi connectivity index (χ3v) is 2.42. The monoisotopic (exact) mass is 214 g/mol. The number of ether oxygens (including phenoxy) is 1. The molecule has 1 aliphatic heterocycles. The van der Waals surface area contributed by atoms with E-state index < -0.39 is 0 Å². The van der Waals surface area contributed by atoms with Gasteiger partial charge in [-0.1, -0.05) is 13.8 Å². The second-order valence-electron chi connectivity index (χ2n) is 4.48. The van der Waals surface area contributed by atoms with E-state index in [1.54, 1.807) is 0 Å². The highest BCUT2D eigenvalue weighted by Gasteiger charge is 2.15. The standard InChI is InChI=1S/C11H22N2O2/c1-9(2)7-12-8-11(14)13-10-3-5-15-6-4-10/h9-10,12H,3-8H2,1-2H3,(H,13,14). The van der Waals surface area contributed by atoms with Crippen LogP contribution in [0.2, 0.25) is 0 Å². The molecule has 0 aromatic rings. The number of hydrogen-bond donors (Lipinski definition) is 2. The maximum absolute atomic E-state index is 11.5. The van der Waals surface area contributed by atoms with Gasteiger partial charge in [-0.25, -0.2) is 0 Å². The molecule has 1 fully saturated rings. The summed E-state index contributed by atoms with van der Waals surface area (Å²) < 4.78 is 5.23. The molecule has 0 bridgehead atoms. The Hall–Kier alpha value is -0.610. The van der Waals surface area contributed by atoms with Crippen LogP contribution in [0, 0.1) is 5.92 Å². The third kappa shape index (κ3) is 5.74. The Morgan fingerprint density at radius 3 is 2.67 bits per heavy atom. The average molecular weight is 214 g/mol. The number of hydrogen-bond acceptors (Lipinski definition) is 3. The molecule has 0 aliphatic carbocycles. The molecule has 4 nitrogen and oxygen atoms in total. The minimum atomic E-state index is 0.0996. The summed E-state index contributed by atoms with van der Waals surface area (Å²) in [6, 6.07) is 0.312. The Kier molecular flexibility index (Phi) is 5.65. The Morgan fingerprint density at radius 1 is 1.40 bits per heavy atom. The van der Waals surface area contributed by atoms with Crippen molar-refractivity contribution in [1.29, 1.82) is 0 Å². The quantitative estimate of drug-likeness (QED) is 0.702. The van der Waals surface area contributed by atoms with Gasteiger partial charge in [0, 0.05) is 19.3 Å². The number of amides is 1. The number of rotatable bonds is 5. The molecule has 88 valence electrons. The SMILES string of the molecule is CC(C)CNCC(=O)NC1CCOCC1. The van der Waals surface area contributed by atoms with Crippen LogP contribution in [0.5, 0.6) is 0 Å². The van der Waals surface area contributed by atoms with E-state index in [2.05, 4.69) is 24.5 Å². The molecule has 0 radical (unpaired) electrons. The van der Waals surface area contributed by atoms with Crippen molar-refractivity contribution in [2.24, 2.45) is 5.92 Å². The van der Waals surface area contributed by atoms with Gasteiger partial charge in [0.25, 0.3) is 0 Å². The van der Waals surface area contributed by atoms with E-state index in [0.29, 0.717) is 18.5 Å². The maximum Gasteiger partial charge on any atom is 0.234 e. The van der Waals surface area contributed by atoms with Crippen LogP contribution in [0.1, 0.15) is 26.7 Å². The Morgan fingerprint density at radius 2 is 2.07 bits per heavy atom. The fourth-order valence-corrected chi connectivity index (χ4v) is 1.59. The van der Waals surface area contributed by atoms with Crippen LogP contribution in [0.15, 0.2) is 0 Å². The number of carbonyl (C=O) groups is 1. The van der Waals surface area contributed by atoms with Gasteiger partial charge in [0.15, 0.2) is 0 Å². The number of nitrogens with one attached hydrogen (secondary N) is 2. The van der Waals surface area contributed by atoms with Crippen LogP contribution in [0.25, 0.3) is 0 Å². The minimum Gasteiger partial charge on any atom is -0.381 e. The van der Waals surface area contributed by atoms with Gasteiger partial charge >= 0.3 is 0 Å². The Balaban J connectivity index is 2.06. The average Bonchev–Trinajstić information content (AvgIpc) is 2.18. The molecule has 1 heterocycles. The van der Waals surface area contributed by atoms with E-state index in [1.807, 2.05) is 0 Å². The van der Waals surface area contributed by atoms with Gasteiger partial charge < -0.3 is 15.4 Å². The first-order valence-corrected chi connectivity index (χ1v) is 5.76. The lowest BCUT2D eigenvalue weighted by atomic mass is 10.1. The van der Waals surface area contributed by atoms with Gasteiger partial charge in [-0.3, -0.25) is 4.79 Å². The minimum absolute atomic E-state index is 0.0996. The van der Waals surface area contributed by atoms with Crippen LogP contribution >= 0.6 is 0 Å². The molecule has 1 saturated heterocycles. The third-order valence-electron chi connectivity index (χ3n) is 2.42. The van der Waals surface area contributed by atoms with Crippen LogP contribution in [-0.2, 0) is 9.53 Å². The molecule has 1 amide bonds. The highest BCUT2D eigenvalue weighted by molar-refractivity contribution is 5.78. The molecule has 1 rings (SSSR count). The van der Waals surface area contributed by atoms with Crippen LogP contribution in [-0.4, -0.2) is 38.3 Å². The van der Waals surface area contributed by atoms with E-state index in [-0.39, 0.29) is 5.91 Å². The van der Waals surface area contributed by atoms with Crippen molar-refractivity contribution in [3.8, 4) is 0 Å². The summed E-state index contributed by atoms with van der Waals surface area (Å²) in [4.78, 5) is 11.5. The first-order chi connectivity index (χ1) is 7.18. The molecule has 0 unspecified atom stereocenters. The van der Waals surface area contributed by atoms with Gasteiger partial charge in [-0.2, -0.15) is 0 Å². The topological polar surface area (TPSA) is 50.4 Å². The first kappa shape index (κ1) is 12.5. The fourth-order valence-electron chi connectivity index (χ4n) is 1.59. The summed E-state index contributed by atoms with van der Waals surface area (Å²) in [5.74, 6) is 0.684. The summed E-state index contributed by atoms with van der Waals surface area (Å²) in [5.41, 5.74) is 0. The lowest BCUT2D eigenvalue weighted by Gasteiger charge is -2.23. The summed E-state index contributed by atoms with van der Waals surface area (Å²) in [7, 11) is 0. The Bertz CT molecular complexity index is 189. The zero-order chi connectivity index (χ0) is 11.1. The van der Waals surface area contributed by atoms with Crippen LogP contribution < -0.4 is 10.6 Å². The van der Waals surface area contributed by atoms with Crippen LogP contribution in [0.4, 0.5) is 0 Å². The van der Waals surface area contributed by atoms with Crippen molar-refractivity contribution >= 4 is 5.91 Å². The van der Waals surface area contributed by atoms with Crippen molar-refractivity contribution in [1.82, 2.24) is 10.6 Å². The van der Waals surface area contributed by atoms with Gasteiger partial charge in [0.2, 0.25) is 5.91 Å². The molecule has 0 aromatic carbocycles. The van der Waals surface area contributed by atoms with Gasteiger partial charge in [0.1, 0.15) is 0 Å². The predicted octanol–water partition coefficient (Wildman–Crippen LogP) is 0.527. The molecule has 15 heavy (non-hydrogen) atoms. The van der Waals surface area contributed by atoms with E-state index in [1.165, 1.54) is 0 Å². The summed E-state index contributed by atoms with van der Waals surface area (Å²) in [6.45, 7) is 7.11. The van der Waals surface area contributed by atoms with E-state index in [0.717, 1.165) is 32.6 Å². The second kappa shape index (κ2) is 6.80.